The van der Waals surface area contributed by atoms with Crippen molar-refractivity contribution < 1.29 is 28.6 Å². The average molecular weight is 793 g/mol. The number of esters is 3. The van der Waals surface area contributed by atoms with E-state index in [1.54, 1.807) is 0 Å². The maximum atomic E-state index is 12.7. The molecule has 0 spiro atoms. The predicted octanol–water partition coefficient (Wildman–Crippen LogP) is 15.8. The fourth-order valence-corrected chi connectivity index (χ4v) is 7.43. The molecule has 0 radical (unpaired) electrons. The highest BCUT2D eigenvalue weighted by Gasteiger charge is 2.19. The van der Waals surface area contributed by atoms with Crippen LogP contribution in [-0.4, -0.2) is 37.2 Å². The summed E-state index contributed by atoms with van der Waals surface area (Å²) in [6, 6.07) is 0. The highest BCUT2D eigenvalue weighted by Crippen LogP contribution is 2.17. The number of hydrogen-bond donors (Lipinski definition) is 0. The summed E-state index contributed by atoms with van der Waals surface area (Å²) in [6.07, 6.45) is 42.4. The molecule has 56 heavy (non-hydrogen) atoms. The van der Waals surface area contributed by atoms with Gasteiger partial charge < -0.3 is 14.2 Å². The molecule has 0 saturated heterocycles. The van der Waals surface area contributed by atoms with Gasteiger partial charge >= 0.3 is 17.9 Å². The van der Waals surface area contributed by atoms with Crippen LogP contribution in [0.2, 0.25) is 0 Å². The Morgan fingerprint density at radius 1 is 0.375 bits per heavy atom. The highest BCUT2D eigenvalue weighted by atomic mass is 16.6. The molecule has 0 amide bonds. The first kappa shape index (κ1) is 54.4. The topological polar surface area (TPSA) is 78.9 Å². The molecule has 0 aromatic heterocycles. The Kier molecular flexibility index (Phi) is 41.8. The summed E-state index contributed by atoms with van der Waals surface area (Å²) in [5.74, 6) is 0.748. The normalized spacial score (nSPS) is 12.5. The Morgan fingerprint density at radius 2 is 0.679 bits per heavy atom. The van der Waals surface area contributed by atoms with Gasteiger partial charge in [0.05, 0.1) is 0 Å². The van der Waals surface area contributed by atoms with E-state index >= 15 is 0 Å². The molecule has 0 rings (SSSR count). The van der Waals surface area contributed by atoms with Crippen LogP contribution < -0.4 is 0 Å². The summed E-state index contributed by atoms with van der Waals surface area (Å²) in [5, 5.41) is 0. The third-order valence-electron chi connectivity index (χ3n) is 11.6. The van der Waals surface area contributed by atoms with Crippen LogP contribution in [0.1, 0.15) is 272 Å². The lowest BCUT2D eigenvalue weighted by Crippen LogP contribution is -2.30. The van der Waals surface area contributed by atoms with E-state index in [1.165, 1.54) is 161 Å². The lowest BCUT2D eigenvalue weighted by molar-refractivity contribution is -0.167. The molecule has 0 aromatic carbocycles. The summed E-state index contributed by atoms with van der Waals surface area (Å²) in [6.45, 7) is 11.3. The SMILES string of the molecule is CCCCCCCCCCCCCCCCCCCC(=O)OC[C@H](COC(=O)CCCCCCCCCCC(C)CC)OC(=O)CCCCCCCCC(C)C. The van der Waals surface area contributed by atoms with Crippen molar-refractivity contribution in [3.05, 3.63) is 0 Å². The van der Waals surface area contributed by atoms with Gasteiger partial charge in [0.25, 0.3) is 0 Å². The van der Waals surface area contributed by atoms with Crippen LogP contribution in [0, 0.1) is 11.8 Å². The van der Waals surface area contributed by atoms with E-state index in [-0.39, 0.29) is 31.1 Å². The Morgan fingerprint density at radius 3 is 1.02 bits per heavy atom. The van der Waals surface area contributed by atoms with Gasteiger partial charge in [-0.2, -0.15) is 0 Å². The van der Waals surface area contributed by atoms with Crippen molar-refractivity contribution in [1.29, 1.82) is 0 Å². The molecular formula is C50H96O6. The zero-order valence-corrected chi connectivity index (χ0v) is 38.3. The zero-order valence-electron chi connectivity index (χ0n) is 38.3. The fraction of sp³-hybridized carbons (Fsp3) is 0.940. The maximum absolute atomic E-state index is 12.7. The van der Waals surface area contributed by atoms with E-state index in [9.17, 15) is 14.4 Å². The van der Waals surface area contributed by atoms with Crippen LogP contribution >= 0.6 is 0 Å². The first-order valence-electron chi connectivity index (χ1n) is 24.8. The molecule has 0 aromatic rings. The van der Waals surface area contributed by atoms with Crippen LogP contribution in [0.3, 0.4) is 0 Å². The molecule has 0 aliphatic carbocycles. The van der Waals surface area contributed by atoms with Crippen molar-refractivity contribution in [1.82, 2.24) is 0 Å². The second kappa shape index (κ2) is 43.0. The molecule has 0 aliphatic rings. The number of carbonyl (C=O) groups is 3. The van der Waals surface area contributed by atoms with Crippen molar-refractivity contribution in [3.8, 4) is 0 Å². The molecule has 0 fully saturated rings. The minimum Gasteiger partial charge on any atom is -0.462 e. The molecule has 1 unspecified atom stereocenters. The van der Waals surface area contributed by atoms with Crippen LogP contribution in [-0.2, 0) is 28.6 Å². The van der Waals surface area contributed by atoms with Gasteiger partial charge in [-0.1, -0.05) is 234 Å². The smallest absolute Gasteiger partial charge is 0.306 e. The molecule has 0 aliphatic heterocycles. The third kappa shape index (κ3) is 42.0. The second-order valence-electron chi connectivity index (χ2n) is 17.8. The molecule has 0 N–H and O–H groups in total. The monoisotopic (exact) mass is 793 g/mol. The van der Waals surface area contributed by atoms with Gasteiger partial charge in [0.2, 0.25) is 0 Å². The quantitative estimate of drug-likeness (QED) is 0.0347. The van der Waals surface area contributed by atoms with Gasteiger partial charge in [0.15, 0.2) is 6.10 Å². The number of unbranched alkanes of at least 4 members (excludes halogenated alkanes) is 28. The number of ether oxygens (including phenoxy) is 3. The van der Waals surface area contributed by atoms with E-state index in [2.05, 4.69) is 34.6 Å². The van der Waals surface area contributed by atoms with Crippen LogP contribution in [0.25, 0.3) is 0 Å². The van der Waals surface area contributed by atoms with E-state index in [0.29, 0.717) is 19.3 Å². The van der Waals surface area contributed by atoms with Gasteiger partial charge in [-0.25, -0.2) is 0 Å². The van der Waals surface area contributed by atoms with E-state index in [0.717, 1.165) is 69.6 Å². The lowest BCUT2D eigenvalue weighted by atomic mass is 9.99. The maximum Gasteiger partial charge on any atom is 0.306 e. The van der Waals surface area contributed by atoms with Crippen molar-refractivity contribution >= 4 is 17.9 Å². The number of hydrogen-bond acceptors (Lipinski definition) is 6. The largest absolute Gasteiger partial charge is 0.462 e. The molecule has 332 valence electrons. The average Bonchev–Trinajstić information content (AvgIpc) is 3.18. The molecule has 6 heteroatoms. The highest BCUT2D eigenvalue weighted by molar-refractivity contribution is 5.71. The standard InChI is InChI=1S/C50H96O6/c1-6-8-9-10-11-12-13-14-15-16-17-18-19-20-24-30-35-40-48(51)54-43-47(56-50(53)42-37-32-27-26-28-33-38-45(3)4)44-55-49(52)41-36-31-25-22-21-23-29-34-39-46(5)7-2/h45-47H,6-44H2,1-5H3/t46?,47-/m1/s1. The molecule has 0 bridgehead atoms. The summed E-state index contributed by atoms with van der Waals surface area (Å²) >= 11 is 0. The first-order chi connectivity index (χ1) is 27.3. The Labute approximate surface area is 348 Å². The van der Waals surface area contributed by atoms with Gasteiger partial charge in [-0.3, -0.25) is 14.4 Å². The van der Waals surface area contributed by atoms with Gasteiger partial charge in [0.1, 0.15) is 13.2 Å². The van der Waals surface area contributed by atoms with E-state index < -0.39 is 6.10 Å². The van der Waals surface area contributed by atoms with Crippen molar-refractivity contribution in [3.63, 3.8) is 0 Å². The van der Waals surface area contributed by atoms with Crippen LogP contribution in [0.15, 0.2) is 0 Å². The van der Waals surface area contributed by atoms with E-state index in [4.69, 9.17) is 14.2 Å². The molecular weight excluding hydrogens is 697 g/mol. The number of rotatable bonds is 44. The van der Waals surface area contributed by atoms with Crippen molar-refractivity contribution in [2.75, 3.05) is 13.2 Å². The molecule has 0 saturated carbocycles. The molecule has 6 nitrogen and oxygen atoms in total. The van der Waals surface area contributed by atoms with Gasteiger partial charge in [0, 0.05) is 19.3 Å². The van der Waals surface area contributed by atoms with E-state index in [1.807, 2.05) is 0 Å². The summed E-state index contributed by atoms with van der Waals surface area (Å²) in [4.78, 5) is 37.8. The van der Waals surface area contributed by atoms with Gasteiger partial charge in [-0.15, -0.1) is 0 Å². The summed E-state index contributed by atoms with van der Waals surface area (Å²) in [7, 11) is 0. The van der Waals surface area contributed by atoms with Gasteiger partial charge in [-0.05, 0) is 31.1 Å². The zero-order chi connectivity index (χ0) is 41.2. The second-order valence-corrected chi connectivity index (χ2v) is 17.8. The number of carbonyl (C=O) groups excluding carboxylic acids is 3. The third-order valence-corrected chi connectivity index (χ3v) is 11.6. The van der Waals surface area contributed by atoms with Crippen molar-refractivity contribution in [2.24, 2.45) is 11.8 Å². The Hall–Kier alpha value is -1.59. The summed E-state index contributed by atoms with van der Waals surface area (Å²) in [5.41, 5.74) is 0. The molecule has 2 atom stereocenters. The lowest BCUT2D eigenvalue weighted by Gasteiger charge is -2.18. The first-order valence-corrected chi connectivity index (χ1v) is 24.8. The van der Waals surface area contributed by atoms with Crippen LogP contribution in [0.5, 0.6) is 0 Å². The molecule has 0 heterocycles. The Balaban J connectivity index is 4.25. The minimum absolute atomic E-state index is 0.0655. The fourth-order valence-electron chi connectivity index (χ4n) is 7.43. The minimum atomic E-state index is -0.762. The summed E-state index contributed by atoms with van der Waals surface area (Å²) < 4.78 is 16.7. The van der Waals surface area contributed by atoms with Crippen LogP contribution in [0.4, 0.5) is 0 Å². The Bertz CT molecular complexity index is 856. The predicted molar refractivity (Wildman–Crippen MR) is 238 cm³/mol. The van der Waals surface area contributed by atoms with Crippen molar-refractivity contribution in [2.45, 2.75) is 278 Å².